The summed E-state index contributed by atoms with van der Waals surface area (Å²) in [5, 5.41) is 3.16. The lowest BCUT2D eigenvalue weighted by atomic mass is 10.1. The van der Waals surface area contributed by atoms with Gasteiger partial charge in [0.1, 0.15) is 18.4 Å². The van der Waals surface area contributed by atoms with Crippen molar-refractivity contribution < 1.29 is 19.0 Å². The van der Waals surface area contributed by atoms with Crippen molar-refractivity contribution in [2.24, 2.45) is 0 Å². The molecule has 20 heavy (non-hydrogen) atoms. The third-order valence-corrected chi connectivity index (χ3v) is 2.91. The first kappa shape index (κ1) is 16.3. The van der Waals surface area contributed by atoms with E-state index in [0.717, 1.165) is 11.3 Å². The van der Waals surface area contributed by atoms with Crippen LogP contribution >= 0.6 is 0 Å². The highest BCUT2D eigenvalue weighted by atomic mass is 16.5. The van der Waals surface area contributed by atoms with Crippen molar-refractivity contribution in [3.8, 4) is 5.75 Å². The fraction of sp³-hybridized carbons (Fsp3) is 0.533. The number of carbonyl (C=O) groups excluding carboxylic acids is 1. The number of rotatable bonds is 8. The maximum atomic E-state index is 11.6. The molecule has 0 aromatic heterocycles. The van der Waals surface area contributed by atoms with E-state index in [9.17, 15) is 4.79 Å². The number of benzene rings is 1. The Kier molecular flexibility index (Phi) is 6.87. The van der Waals surface area contributed by atoms with Crippen LogP contribution in [0.2, 0.25) is 0 Å². The molecule has 0 heterocycles. The van der Waals surface area contributed by atoms with Crippen LogP contribution in [0.5, 0.6) is 5.75 Å². The Bertz CT molecular complexity index is 434. The molecule has 0 radical (unpaired) electrons. The molecule has 112 valence electrons. The number of hydrogen-bond donors (Lipinski definition) is 1. The zero-order valence-corrected chi connectivity index (χ0v) is 12.6. The third kappa shape index (κ3) is 4.74. The Morgan fingerprint density at radius 3 is 2.65 bits per heavy atom. The van der Waals surface area contributed by atoms with Crippen molar-refractivity contribution in [1.82, 2.24) is 0 Å². The topological polar surface area (TPSA) is 56.8 Å². The number of aryl methyl sites for hydroxylation is 1. The van der Waals surface area contributed by atoms with Crippen molar-refractivity contribution in [3.63, 3.8) is 0 Å². The lowest BCUT2D eigenvalue weighted by Gasteiger charge is -2.19. The molecule has 1 aromatic carbocycles. The van der Waals surface area contributed by atoms with Crippen LogP contribution in [0.3, 0.4) is 0 Å². The second kappa shape index (κ2) is 8.43. The van der Waals surface area contributed by atoms with E-state index in [1.807, 2.05) is 32.0 Å². The SMILES string of the molecule is CCC(Nc1ccc(C)cc1OCCOC)C(=O)OC. The molecule has 1 aromatic rings. The summed E-state index contributed by atoms with van der Waals surface area (Å²) in [4.78, 5) is 11.6. The fourth-order valence-corrected chi connectivity index (χ4v) is 1.76. The highest BCUT2D eigenvalue weighted by molar-refractivity contribution is 5.80. The summed E-state index contributed by atoms with van der Waals surface area (Å²) >= 11 is 0. The van der Waals surface area contributed by atoms with Crippen molar-refractivity contribution in [2.45, 2.75) is 26.3 Å². The summed E-state index contributed by atoms with van der Waals surface area (Å²) in [6.45, 7) is 4.89. The largest absolute Gasteiger partial charge is 0.489 e. The molecule has 0 spiro atoms. The first-order chi connectivity index (χ1) is 9.62. The average Bonchev–Trinajstić information content (AvgIpc) is 2.46. The summed E-state index contributed by atoms with van der Waals surface area (Å²) < 4.78 is 15.4. The van der Waals surface area contributed by atoms with Gasteiger partial charge in [-0.15, -0.1) is 0 Å². The molecule has 0 bridgehead atoms. The lowest BCUT2D eigenvalue weighted by molar-refractivity contribution is -0.141. The van der Waals surface area contributed by atoms with Gasteiger partial charge >= 0.3 is 5.97 Å². The molecule has 0 aliphatic heterocycles. The van der Waals surface area contributed by atoms with Crippen molar-refractivity contribution >= 4 is 11.7 Å². The fourth-order valence-electron chi connectivity index (χ4n) is 1.76. The van der Waals surface area contributed by atoms with E-state index in [1.165, 1.54) is 7.11 Å². The standard InChI is InChI=1S/C15H23NO4/c1-5-12(15(17)19-4)16-13-7-6-11(2)10-14(13)20-9-8-18-3/h6-7,10,12,16H,5,8-9H2,1-4H3. The molecule has 0 aliphatic carbocycles. The van der Waals surface area contributed by atoms with Gasteiger partial charge in [0.05, 0.1) is 19.4 Å². The predicted molar refractivity (Wildman–Crippen MR) is 78.3 cm³/mol. The number of anilines is 1. The molecule has 5 nitrogen and oxygen atoms in total. The van der Waals surface area contributed by atoms with Crippen LogP contribution in [-0.4, -0.2) is 39.4 Å². The Labute approximate surface area is 120 Å². The highest BCUT2D eigenvalue weighted by Gasteiger charge is 2.18. The molecule has 0 saturated heterocycles. The van der Waals surface area contributed by atoms with Crippen LogP contribution in [-0.2, 0) is 14.3 Å². The van der Waals surface area contributed by atoms with E-state index >= 15 is 0 Å². The van der Waals surface area contributed by atoms with Crippen molar-refractivity contribution in [2.75, 3.05) is 32.8 Å². The van der Waals surface area contributed by atoms with E-state index < -0.39 is 0 Å². The minimum Gasteiger partial charge on any atom is -0.489 e. The summed E-state index contributed by atoms with van der Waals surface area (Å²) in [5.74, 6) is 0.431. The molecule has 1 atom stereocenters. The smallest absolute Gasteiger partial charge is 0.328 e. The molecular formula is C15H23NO4. The highest BCUT2D eigenvalue weighted by Crippen LogP contribution is 2.27. The summed E-state index contributed by atoms with van der Waals surface area (Å²) in [5.41, 5.74) is 1.87. The van der Waals surface area contributed by atoms with E-state index in [0.29, 0.717) is 25.4 Å². The number of ether oxygens (including phenoxy) is 3. The average molecular weight is 281 g/mol. The van der Waals surface area contributed by atoms with Gasteiger partial charge in [-0.3, -0.25) is 0 Å². The molecule has 5 heteroatoms. The third-order valence-electron chi connectivity index (χ3n) is 2.91. The van der Waals surface area contributed by atoms with Crippen molar-refractivity contribution in [1.29, 1.82) is 0 Å². The lowest BCUT2D eigenvalue weighted by Crippen LogP contribution is -2.30. The molecule has 1 rings (SSSR count). The summed E-state index contributed by atoms with van der Waals surface area (Å²) in [7, 11) is 3.01. The zero-order chi connectivity index (χ0) is 15.0. The summed E-state index contributed by atoms with van der Waals surface area (Å²) in [6.07, 6.45) is 0.637. The van der Waals surface area contributed by atoms with E-state index in [4.69, 9.17) is 14.2 Å². The molecule has 0 amide bonds. The van der Waals surface area contributed by atoms with Gasteiger partial charge in [0.2, 0.25) is 0 Å². The van der Waals surface area contributed by atoms with Gasteiger partial charge in [-0.1, -0.05) is 13.0 Å². The molecule has 1 N–H and O–H groups in total. The van der Waals surface area contributed by atoms with E-state index in [1.54, 1.807) is 7.11 Å². The minimum atomic E-state index is -0.382. The van der Waals surface area contributed by atoms with Gasteiger partial charge in [-0.25, -0.2) is 4.79 Å². The van der Waals surface area contributed by atoms with Crippen LogP contribution in [0.4, 0.5) is 5.69 Å². The van der Waals surface area contributed by atoms with Gasteiger partial charge in [0.25, 0.3) is 0 Å². The second-order valence-electron chi connectivity index (χ2n) is 4.47. The number of hydrogen-bond acceptors (Lipinski definition) is 5. The van der Waals surface area contributed by atoms with Gasteiger partial charge in [-0.05, 0) is 31.0 Å². The second-order valence-corrected chi connectivity index (χ2v) is 4.47. The van der Waals surface area contributed by atoms with E-state index in [2.05, 4.69) is 5.32 Å². The maximum Gasteiger partial charge on any atom is 0.328 e. The minimum absolute atomic E-state index is 0.282. The molecular weight excluding hydrogens is 258 g/mol. The quantitative estimate of drug-likeness (QED) is 0.585. The molecule has 0 saturated carbocycles. The Morgan fingerprint density at radius 2 is 2.05 bits per heavy atom. The van der Waals surface area contributed by atoms with Crippen LogP contribution in [0.15, 0.2) is 18.2 Å². The number of methoxy groups -OCH3 is 2. The van der Waals surface area contributed by atoms with E-state index in [-0.39, 0.29) is 12.0 Å². The van der Waals surface area contributed by atoms with Crippen LogP contribution < -0.4 is 10.1 Å². The van der Waals surface area contributed by atoms with Crippen LogP contribution in [0, 0.1) is 6.92 Å². The monoisotopic (exact) mass is 281 g/mol. The van der Waals surface area contributed by atoms with Gasteiger partial charge in [-0.2, -0.15) is 0 Å². The first-order valence-electron chi connectivity index (χ1n) is 6.69. The number of carbonyl (C=O) groups is 1. The number of nitrogens with one attached hydrogen (secondary N) is 1. The summed E-state index contributed by atoms with van der Waals surface area (Å²) in [6, 6.07) is 5.42. The first-order valence-corrected chi connectivity index (χ1v) is 6.69. The van der Waals surface area contributed by atoms with Crippen LogP contribution in [0.1, 0.15) is 18.9 Å². The van der Waals surface area contributed by atoms with Crippen LogP contribution in [0.25, 0.3) is 0 Å². The molecule has 1 unspecified atom stereocenters. The molecule has 0 aliphatic rings. The van der Waals surface area contributed by atoms with Crippen molar-refractivity contribution in [3.05, 3.63) is 23.8 Å². The Balaban J connectivity index is 2.84. The van der Waals surface area contributed by atoms with Gasteiger partial charge in [0.15, 0.2) is 0 Å². The normalized spacial score (nSPS) is 11.8. The zero-order valence-electron chi connectivity index (χ0n) is 12.6. The predicted octanol–water partition coefficient (Wildman–Crippen LogP) is 2.38. The van der Waals surface area contributed by atoms with Gasteiger partial charge < -0.3 is 19.5 Å². The maximum absolute atomic E-state index is 11.6. The van der Waals surface area contributed by atoms with Gasteiger partial charge in [0, 0.05) is 7.11 Å². The molecule has 0 fully saturated rings. The number of esters is 1. The Morgan fingerprint density at radius 1 is 1.30 bits per heavy atom. The Hall–Kier alpha value is -1.75.